The summed E-state index contributed by atoms with van der Waals surface area (Å²) in [5.74, 6) is -3.07. The summed E-state index contributed by atoms with van der Waals surface area (Å²) >= 11 is 0. The van der Waals surface area contributed by atoms with E-state index in [0.29, 0.717) is 13.2 Å². The minimum absolute atomic E-state index is 0.0329. The molecule has 2 unspecified atom stereocenters. The molecule has 0 spiro atoms. The molecule has 0 bridgehead atoms. The highest BCUT2D eigenvalue weighted by atomic mass is 19.2. The topological polar surface area (TPSA) is 75.3 Å². The van der Waals surface area contributed by atoms with E-state index in [9.17, 15) is 13.6 Å². The Morgan fingerprint density at radius 2 is 1.87 bits per heavy atom. The van der Waals surface area contributed by atoms with Gasteiger partial charge in [-0.15, -0.1) is 0 Å². The molecular formula is C29H35F2NO6. The molecule has 2 aromatic carbocycles. The van der Waals surface area contributed by atoms with Crippen molar-refractivity contribution in [2.45, 2.75) is 88.5 Å². The van der Waals surface area contributed by atoms with Gasteiger partial charge in [0.2, 0.25) is 0 Å². The molecule has 7 nitrogen and oxygen atoms in total. The third kappa shape index (κ3) is 6.07. The van der Waals surface area contributed by atoms with Crippen LogP contribution in [0.5, 0.6) is 0 Å². The van der Waals surface area contributed by atoms with Crippen LogP contribution in [0.25, 0.3) is 0 Å². The van der Waals surface area contributed by atoms with Crippen LogP contribution >= 0.6 is 0 Å². The average molecular weight is 532 g/mol. The van der Waals surface area contributed by atoms with E-state index >= 15 is 0 Å². The predicted molar refractivity (Wildman–Crippen MR) is 134 cm³/mol. The lowest BCUT2D eigenvalue weighted by Gasteiger charge is -2.43. The van der Waals surface area contributed by atoms with E-state index in [4.69, 9.17) is 23.7 Å². The van der Waals surface area contributed by atoms with Gasteiger partial charge in [0.05, 0.1) is 31.5 Å². The Hall–Kier alpha value is -2.43. The van der Waals surface area contributed by atoms with Crippen molar-refractivity contribution in [3.8, 4) is 0 Å². The molecule has 2 heterocycles. The molecule has 3 fully saturated rings. The summed E-state index contributed by atoms with van der Waals surface area (Å²) < 4.78 is 58.8. The molecule has 0 aromatic heterocycles. The van der Waals surface area contributed by atoms with Gasteiger partial charge in [-0.1, -0.05) is 42.5 Å². The van der Waals surface area contributed by atoms with E-state index in [2.05, 4.69) is 5.32 Å². The van der Waals surface area contributed by atoms with E-state index in [1.165, 1.54) is 12.1 Å². The smallest absolute Gasteiger partial charge is 0.252 e. The number of carbonyl (C=O) groups excluding carboxylic acids is 1. The first-order chi connectivity index (χ1) is 18.2. The number of carbonyl (C=O) groups is 1. The lowest BCUT2D eigenvalue weighted by atomic mass is 9.78. The summed E-state index contributed by atoms with van der Waals surface area (Å²) in [5.41, 5.74) is -0.280. The molecule has 38 heavy (non-hydrogen) atoms. The third-order valence-corrected chi connectivity index (χ3v) is 7.42. The van der Waals surface area contributed by atoms with Crippen LogP contribution in [-0.4, -0.2) is 54.9 Å². The second kappa shape index (κ2) is 11.4. The molecular weight excluding hydrogens is 496 g/mol. The number of hydrogen-bond donors (Lipinski definition) is 1. The first kappa shape index (κ1) is 27.1. The molecule has 3 aliphatic rings. The maximum Gasteiger partial charge on any atom is 0.252 e. The van der Waals surface area contributed by atoms with Crippen molar-refractivity contribution in [2.24, 2.45) is 0 Å². The number of halogens is 2. The Morgan fingerprint density at radius 3 is 2.63 bits per heavy atom. The van der Waals surface area contributed by atoms with E-state index in [1.54, 1.807) is 13.8 Å². The van der Waals surface area contributed by atoms with Gasteiger partial charge in [0.1, 0.15) is 6.10 Å². The number of ether oxygens (including phenoxy) is 5. The molecule has 1 saturated carbocycles. The molecule has 2 aromatic rings. The summed E-state index contributed by atoms with van der Waals surface area (Å²) in [5, 5.41) is 3.03. The van der Waals surface area contributed by atoms with E-state index < -0.39 is 41.3 Å². The maximum absolute atomic E-state index is 14.4. The minimum atomic E-state index is -1.29. The molecule has 5 rings (SSSR count). The van der Waals surface area contributed by atoms with Crippen LogP contribution in [0.1, 0.15) is 50.7 Å². The zero-order valence-corrected chi connectivity index (χ0v) is 21.8. The van der Waals surface area contributed by atoms with Crippen LogP contribution in [0.4, 0.5) is 8.78 Å². The lowest BCUT2D eigenvalue weighted by molar-refractivity contribution is -0.183. The summed E-state index contributed by atoms with van der Waals surface area (Å²) in [6, 6.07) is 13.6. The molecule has 9 heteroatoms. The molecule has 2 aliphatic heterocycles. The fraction of sp³-hybridized carbons (Fsp3) is 0.552. The third-order valence-electron chi connectivity index (χ3n) is 7.42. The van der Waals surface area contributed by atoms with Crippen LogP contribution < -0.4 is 5.32 Å². The Bertz CT molecular complexity index is 1110. The van der Waals surface area contributed by atoms with E-state index in [0.717, 1.165) is 24.5 Å². The first-order valence-corrected chi connectivity index (χ1v) is 13.2. The Morgan fingerprint density at radius 1 is 1.05 bits per heavy atom. The van der Waals surface area contributed by atoms with Crippen LogP contribution in [0.3, 0.4) is 0 Å². The second-order valence-electron chi connectivity index (χ2n) is 10.7. The molecule has 2 saturated heterocycles. The fourth-order valence-electron chi connectivity index (χ4n) is 5.53. The average Bonchev–Trinajstić information content (AvgIpc) is 3.53. The number of rotatable bonds is 9. The number of fused-ring (bicyclic) bond motifs is 1. The SMILES string of the molecule is CC1(C)O[C@@H]2C[C@@](OCc3ccccc3)(C(=O)NCC3CCCO3)CC(OCc3cccc(F)c3F)[C@@H]2O1. The molecule has 1 aliphatic carbocycles. The standard InChI is InChI=1S/C29H35F2NO6/c1-28(2)37-24-15-29(36-17-19-8-4-3-5-9-19,27(33)32-16-21-11-7-13-34-21)14-23(26(24)38-28)35-18-20-10-6-12-22(30)25(20)31/h3-6,8-10,12,21,23-24,26H,7,11,13-18H2,1-2H3,(H,32,33)/t21?,23?,24-,26+,29-/m1/s1. The molecule has 0 radical (unpaired) electrons. The Balaban J connectivity index is 1.39. The monoisotopic (exact) mass is 531 g/mol. The first-order valence-electron chi connectivity index (χ1n) is 13.2. The predicted octanol–water partition coefficient (Wildman–Crippen LogP) is 4.41. The lowest BCUT2D eigenvalue weighted by Crippen LogP contribution is -2.60. The van der Waals surface area contributed by atoms with Crippen molar-refractivity contribution in [1.82, 2.24) is 5.32 Å². The largest absolute Gasteiger partial charge is 0.376 e. The fourth-order valence-corrected chi connectivity index (χ4v) is 5.53. The van der Waals surface area contributed by atoms with E-state index in [1.807, 2.05) is 30.3 Å². The highest BCUT2D eigenvalue weighted by Gasteiger charge is 2.58. The number of nitrogens with one attached hydrogen (secondary N) is 1. The number of hydrogen-bond acceptors (Lipinski definition) is 6. The van der Waals surface area contributed by atoms with E-state index in [-0.39, 0.29) is 43.6 Å². The van der Waals surface area contributed by atoms with Gasteiger partial charge < -0.3 is 29.0 Å². The normalized spacial score (nSPS) is 30.2. The quantitative estimate of drug-likeness (QED) is 0.517. The van der Waals surface area contributed by atoms with Gasteiger partial charge in [0.25, 0.3) is 5.91 Å². The Labute approximate surface area is 221 Å². The zero-order chi connectivity index (χ0) is 26.8. The van der Waals surface area contributed by atoms with Gasteiger partial charge in [-0.2, -0.15) is 0 Å². The highest BCUT2D eigenvalue weighted by molar-refractivity contribution is 5.85. The van der Waals surface area contributed by atoms with Crippen molar-refractivity contribution >= 4 is 5.91 Å². The van der Waals surface area contributed by atoms with Gasteiger partial charge in [-0.05, 0) is 38.3 Å². The maximum atomic E-state index is 14.4. The van der Waals surface area contributed by atoms with Crippen molar-refractivity contribution in [3.63, 3.8) is 0 Å². The molecule has 5 atom stereocenters. The summed E-state index contributed by atoms with van der Waals surface area (Å²) in [7, 11) is 0. The van der Waals surface area contributed by atoms with Crippen LogP contribution in [0.15, 0.2) is 48.5 Å². The highest BCUT2D eigenvalue weighted by Crippen LogP contribution is 2.44. The minimum Gasteiger partial charge on any atom is -0.376 e. The van der Waals surface area contributed by atoms with Gasteiger partial charge in [-0.3, -0.25) is 4.79 Å². The van der Waals surface area contributed by atoms with Crippen LogP contribution in [0.2, 0.25) is 0 Å². The van der Waals surface area contributed by atoms with Crippen molar-refractivity contribution in [3.05, 3.63) is 71.3 Å². The van der Waals surface area contributed by atoms with Crippen molar-refractivity contribution in [1.29, 1.82) is 0 Å². The number of benzene rings is 2. The zero-order valence-electron chi connectivity index (χ0n) is 21.8. The van der Waals surface area contributed by atoms with Crippen LogP contribution in [-0.2, 0) is 41.7 Å². The summed E-state index contributed by atoms with van der Waals surface area (Å²) in [6.45, 7) is 4.70. The summed E-state index contributed by atoms with van der Waals surface area (Å²) in [6.07, 6.45) is 0.586. The Kier molecular flexibility index (Phi) is 8.11. The van der Waals surface area contributed by atoms with Crippen molar-refractivity contribution in [2.75, 3.05) is 13.2 Å². The molecule has 206 valence electrons. The van der Waals surface area contributed by atoms with Crippen molar-refractivity contribution < 1.29 is 37.3 Å². The summed E-state index contributed by atoms with van der Waals surface area (Å²) in [4.78, 5) is 13.8. The number of amides is 1. The second-order valence-corrected chi connectivity index (χ2v) is 10.7. The molecule has 1 amide bonds. The molecule has 1 N–H and O–H groups in total. The van der Waals surface area contributed by atoms with Gasteiger partial charge >= 0.3 is 0 Å². The van der Waals surface area contributed by atoms with Gasteiger partial charge in [0, 0.05) is 31.6 Å². The van der Waals surface area contributed by atoms with Gasteiger partial charge in [0.15, 0.2) is 23.0 Å². The van der Waals surface area contributed by atoms with Crippen LogP contribution in [0, 0.1) is 11.6 Å². The van der Waals surface area contributed by atoms with Gasteiger partial charge in [-0.25, -0.2) is 8.78 Å².